The highest BCUT2D eigenvalue weighted by atomic mass is 32.1. The van der Waals surface area contributed by atoms with Crippen LogP contribution in [0.4, 0.5) is 0 Å². The Balaban J connectivity index is 2.76. The molecule has 1 aromatic heterocycles. The van der Waals surface area contributed by atoms with Crippen LogP contribution in [0.3, 0.4) is 0 Å². The molecule has 1 nitrogen and oxygen atoms in total. The number of thiophene rings is 1. The molecule has 1 heterocycles. The van der Waals surface area contributed by atoms with Gasteiger partial charge in [-0.3, -0.25) is 0 Å². The first kappa shape index (κ1) is 10.0. The third-order valence-electron chi connectivity index (χ3n) is 2.35. The second-order valence-corrected chi connectivity index (χ2v) is 4.63. The summed E-state index contributed by atoms with van der Waals surface area (Å²) in [6, 6.07) is 4.10. The van der Waals surface area contributed by atoms with Crippen molar-refractivity contribution in [1.29, 1.82) is 0 Å². The molecule has 0 fully saturated rings. The molecule has 0 radical (unpaired) electrons. The summed E-state index contributed by atoms with van der Waals surface area (Å²) >= 11 is 6.13. The van der Waals surface area contributed by atoms with Crippen LogP contribution >= 0.6 is 24.0 Å². The van der Waals surface area contributed by atoms with Crippen LogP contribution in [0.25, 0.3) is 10.1 Å². The van der Waals surface area contributed by atoms with Crippen molar-refractivity contribution in [3.63, 3.8) is 0 Å². The first-order valence-corrected chi connectivity index (χ1v) is 5.91. The SMILES string of the molecule is CCc1cc(CO)cc2c(S)csc12. The van der Waals surface area contributed by atoms with E-state index in [9.17, 15) is 0 Å². The number of hydrogen-bond donors (Lipinski definition) is 2. The highest BCUT2D eigenvalue weighted by Crippen LogP contribution is 2.32. The van der Waals surface area contributed by atoms with E-state index in [0.717, 1.165) is 16.9 Å². The van der Waals surface area contributed by atoms with Gasteiger partial charge in [0, 0.05) is 20.4 Å². The van der Waals surface area contributed by atoms with E-state index in [1.807, 2.05) is 11.4 Å². The second-order valence-electron chi connectivity index (χ2n) is 3.26. The standard InChI is InChI=1S/C11H12OS2/c1-2-8-3-7(5-12)4-9-10(13)6-14-11(8)9/h3-4,6,12-13H,2,5H2,1H3. The number of aryl methyl sites for hydroxylation is 1. The van der Waals surface area contributed by atoms with E-state index in [0.29, 0.717) is 0 Å². The molecular formula is C11H12OS2. The van der Waals surface area contributed by atoms with Gasteiger partial charge in [-0.05, 0) is 23.6 Å². The van der Waals surface area contributed by atoms with Crippen LogP contribution in [0.5, 0.6) is 0 Å². The maximum absolute atomic E-state index is 9.12. The number of fused-ring (bicyclic) bond motifs is 1. The lowest BCUT2D eigenvalue weighted by Crippen LogP contribution is -1.87. The second kappa shape index (κ2) is 3.93. The van der Waals surface area contributed by atoms with E-state index in [1.165, 1.54) is 15.6 Å². The van der Waals surface area contributed by atoms with Crippen molar-refractivity contribution in [3.05, 3.63) is 28.6 Å². The van der Waals surface area contributed by atoms with E-state index < -0.39 is 0 Å². The van der Waals surface area contributed by atoms with Crippen molar-refractivity contribution in [2.75, 3.05) is 0 Å². The fourth-order valence-electron chi connectivity index (χ4n) is 1.62. The van der Waals surface area contributed by atoms with Gasteiger partial charge in [0.05, 0.1) is 6.61 Å². The monoisotopic (exact) mass is 224 g/mol. The van der Waals surface area contributed by atoms with Gasteiger partial charge in [0.25, 0.3) is 0 Å². The van der Waals surface area contributed by atoms with Crippen LogP contribution in [0.1, 0.15) is 18.1 Å². The zero-order valence-corrected chi connectivity index (χ0v) is 9.66. The lowest BCUT2D eigenvalue weighted by molar-refractivity contribution is 0.282. The molecule has 74 valence electrons. The Hall–Kier alpha value is -0.510. The minimum atomic E-state index is 0.103. The summed E-state index contributed by atoms with van der Waals surface area (Å²) in [5.74, 6) is 0. The molecule has 1 N–H and O–H groups in total. The lowest BCUT2D eigenvalue weighted by atomic mass is 10.1. The van der Waals surface area contributed by atoms with Crippen LogP contribution in [-0.2, 0) is 13.0 Å². The molecule has 0 unspecified atom stereocenters. The molecule has 3 heteroatoms. The summed E-state index contributed by atoms with van der Waals surface area (Å²) in [4.78, 5) is 1.01. The summed E-state index contributed by atoms with van der Waals surface area (Å²) in [5, 5.41) is 12.3. The summed E-state index contributed by atoms with van der Waals surface area (Å²) < 4.78 is 1.30. The predicted molar refractivity (Wildman–Crippen MR) is 64.4 cm³/mol. The zero-order valence-electron chi connectivity index (χ0n) is 7.95. The van der Waals surface area contributed by atoms with Crippen molar-refractivity contribution < 1.29 is 5.11 Å². The van der Waals surface area contributed by atoms with Crippen LogP contribution < -0.4 is 0 Å². The third kappa shape index (κ3) is 1.56. The number of aliphatic hydroxyl groups excluding tert-OH is 1. The Morgan fingerprint density at radius 1 is 1.43 bits per heavy atom. The van der Waals surface area contributed by atoms with Crippen molar-refractivity contribution in [2.45, 2.75) is 24.8 Å². The van der Waals surface area contributed by atoms with Crippen molar-refractivity contribution in [3.8, 4) is 0 Å². The van der Waals surface area contributed by atoms with Crippen molar-refractivity contribution in [1.82, 2.24) is 0 Å². The first-order chi connectivity index (χ1) is 6.76. The smallest absolute Gasteiger partial charge is 0.0682 e. The molecule has 0 atom stereocenters. The fourth-order valence-corrected chi connectivity index (χ4v) is 3.03. The molecule has 2 aromatic rings. The zero-order chi connectivity index (χ0) is 10.1. The van der Waals surface area contributed by atoms with E-state index in [1.54, 1.807) is 11.3 Å². The molecule has 0 saturated heterocycles. The number of rotatable bonds is 2. The van der Waals surface area contributed by atoms with Crippen molar-refractivity contribution in [2.24, 2.45) is 0 Å². The van der Waals surface area contributed by atoms with Crippen LogP contribution in [0.2, 0.25) is 0 Å². The fraction of sp³-hybridized carbons (Fsp3) is 0.273. The molecule has 14 heavy (non-hydrogen) atoms. The van der Waals surface area contributed by atoms with E-state index in [2.05, 4.69) is 25.6 Å². The largest absolute Gasteiger partial charge is 0.392 e. The number of thiol groups is 1. The molecule has 0 aliphatic heterocycles. The average molecular weight is 224 g/mol. The first-order valence-electron chi connectivity index (χ1n) is 4.59. The van der Waals surface area contributed by atoms with Gasteiger partial charge in [0.15, 0.2) is 0 Å². The number of aliphatic hydroxyl groups is 1. The summed E-state index contributed by atoms with van der Waals surface area (Å²) in [6.07, 6.45) is 0.998. The highest BCUT2D eigenvalue weighted by Gasteiger charge is 2.06. The molecule has 0 saturated carbocycles. The van der Waals surface area contributed by atoms with Crippen molar-refractivity contribution >= 4 is 34.1 Å². The summed E-state index contributed by atoms with van der Waals surface area (Å²) in [7, 11) is 0. The van der Waals surface area contributed by atoms with E-state index >= 15 is 0 Å². The third-order valence-corrected chi connectivity index (χ3v) is 3.97. The average Bonchev–Trinajstić information content (AvgIpc) is 2.59. The lowest BCUT2D eigenvalue weighted by Gasteiger charge is -2.03. The molecule has 0 aliphatic carbocycles. The minimum absolute atomic E-state index is 0.103. The Labute approximate surface area is 92.8 Å². The number of hydrogen-bond acceptors (Lipinski definition) is 3. The van der Waals surface area contributed by atoms with Gasteiger partial charge < -0.3 is 5.11 Å². The Morgan fingerprint density at radius 2 is 2.21 bits per heavy atom. The maximum Gasteiger partial charge on any atom is 0.0682 e. The van der Waals surface area contributed by atoms with E-state index in [4.69, 9.17) is 5.11 Å². The maximum atomic E-state index is 9.12. The van der Waals surface area contributed by atoms with Gasteiger partial charge in [0.1, 0.15) is 0 Å². The van der Waals surface area contributed by atoms with Crippen LogP contribution in [0, 0.1) is 0 Å². The van der Waals surface area contributed by atoms with Gasteiger partial charge in [-0.1, -0.05) is 13.0 Å². The van der Waals surface area contributed by atoms with Crippen LogP contribution in [0.15, 0.2) is 22.4 Å². The quantitative estimate of drug-likeness (QED) is 0.750. The minimum Gasteiger partial charge on any atom is -0.392 e. The van der Waals surface area contributed by atoms with Gasteiger partial charge >= 0.3 is 0 Å². The molecule has 1 aromatic carbocycles. The van der Waals surface area contributed by atoms with Gasteiger partial charge in [-0.15, -0.1) is 24.0 Å². The molecule has 2 rings (SSSR count). The normalized spacial score (nSPS) is 11.1. The van der Waals surface area contributed by atoms with Gasteiger partial charge in [-0.25, -0.2) is 0 Å². The van der Waals surface area contributed by atoms with Gasteiger partial charge in [0.2, 0.25) is 0 Å². The molecule has 0 amide bonds. The van der Waals surface area contributed by atoms with E-state index in [-0.39, 0.29) is 6.61 Å². The number of benzene rings is 1. The topological polar surface area (TPSA) is 20.2 Å². The summed E-state index contributed by atoms with van der Waals surface area (Å²) in [5.41, 5.74) is 2.28. The molecule has 0 spiro atoms. The molecular weight excluding hydrogens is 212 g/mol. The van der Waals surface area contributed by atoms with Crippen LogP contribution in [-0.4, -0.2) is 5.11 Å². The molecule has 0 bridgehead atoms. The summed E-state index contributed by atoms with van der Waals surface area (Å²) in [6.45, 7) is 2.24. The van der Waals surface area contributed by atoms with Gasteiger partial charge in [-0.2, -0.15) is 0 Å². The predicted octanol–water partition coefficient (Wildman–Crippen LogP) is 3.24. The Kier molecular flexibility index (Phi) is 2.81. The Bertz CT molecular complexity index is 460. The highest BCUT2D eigenvalue weighted by molar-refractivity contribution is 7.80. The molecule has 0 aliphatic rings. The Morgan fingerprint density at radius 3 is 2.86 bits per heavy atom.